The zero-order valence-electron chi connectivity index (χ0n) is 17.2. The van der Waals surface area contributed by atoms with Gasteiger partial charge >= 0.3 is 12.1 Å². The van der Waals surface area contributed by atoms with Crippen LogP contribution in [-0.4, -0.2) is 67.4 Å². The second kappa shape index (κ2) is 8.58. The number of aliphatic carboxylic acids is 1. The molecular formula is C22H19N5O5S. The van der Waals surface area contributed by atoms with Crippen LogP contribution in [0, 0.1) is 0 Å². The topological polar surface area (TPSA) is 138 Å². The van der Waals surface area contributed by atoms with E-state index < -0.39 is 24.0 Å². The molecule has 1 atom stereocenters. The maximum atomic E-state index is 12.6. The number of amides is 2. The Morgan fingerprint density at radius 2 is 1.79 bits per heavy atom. The van der Waals surface area contributed by atoms with E-state index >= 15 is 0 Å². The summed E-state index contributed by atoms with van der Waals surface area (Å²) >= 11 is 1.34. The molecule has 1 aromatic heterocycles. The van der Waals surface area contributed by atoms with Crippen molar-refractivity contribution in [2.24, 2.45) is 0 Å². The predicted octanol–water partition coefficient (Wildman–Crippen LogP) is 2.77. The van der Waals surface area contributed by atoms with Crippen molar-refractivity contribution in [3.63, 3.8) is 0 Å². The molecule has 0 spiro atoms. The van der Waals surface area contributed by atoms with Crippen molar-refractivity contribution in [2.45, 2.75) is 12.0 Å². The van der Waals surface area contributed by atoms with E-state index in [0.29, 0.717) is 5.75 Å². The zero-order valence-corrected chi connectivity index (χ0v) is 18.0. The number of nitrogens with one attached hydrogen (secondary N) is 2. The summed E-state index contributed by atoms with van der Waals surface area (Å²) in [6.07, 6.45) is -0.755. The minimum absolute atomic E-state index is 0.0898. The number of carboxylic acid groups (broad SMARTS) is 1. The molecule has 1 saturated heterocycles. The number of nitrogens with zero attached hydrogens (tertiary/aromatic N) is 3. The smallest absolute Gasteiger partial charge is 0.414 e. The van der Waals surface area contributed by atoms with Gasteiger partial charge in [-0.1, -0.05) is 48.5 Å². The third-order valence-electron chi connectivity index (χ3n) is 5.67. The average Bonchev–Trinajstić information content (AvgIpc) is 3.55. The molecule has 1 fully saturated rings. The number of anilines is 1. The first kappa shape index (κ1) is 21.0. The molecule has 2 aromatic carbocycles. The van der Waals surface area contributed by atoms with Gasteiger partial charge in [0.05, 0.1) is 5.88 Å². The Hall–Kier alpha value is -3.86. The number of fused-ring (bicyclic) bond motifs is 3. The summed E-state index contributed by atoms with van der Waals surface area (Å²) in [5.41, 5.74) is 4.43. The summed E-state index contributed by atoms with van der Waals surface area (Å²) in [6, 6.07) is 15.1. The fourth-order valence-electron chi connectivity index (χ4n) is 4.12. The molecule has 2 amide bonds. The first-order chi connectivity index (χ1) is 16.0. The third-order valence-corrected chi connectivity index (χ3v) is 6.69. The summed E-state index contributed by atoms with van der Waals surface area (Å²) in [5.74, 6) is -1.50. The summed E-state index contributed by atoms with van der Waals surface area (Å²) < 4.78 is 5.44. The Morgan fingerprint density at radius 3 is 2.45 bits per heavy atom. The first-order valence-electron chi connectivity index (χ1n) is 10.2. The van der Waals surface area contributed by atoms with E-state index in [1.165, 1.54) is 16.7 Å². The number of ether oxygens (including phenoxy) is 1. The molecule has 1 aliphatic carbocycles. The zero-order chi connectivity index (χ0) is 22.9. The van der Waals surface area contributed by atoms with Gasteiger partial charge in [-0.25, -0.2) is 9.59 Å². The van der Waals surface area contributed by atoms with Gasteiger partial charge in [-0.15, -0.1) is 16.9 Å². The predicted molar refractivity (Wildman–Crippen MR) is 120 cm³/mol. The van der Waals surface area contributed by atoms with E-state index in [1.807, 2.05) is 48.5 Å². The van der Waals surface area contributed by atoms with Crippen LogP contribution in [0.1, 0.15) is 27.7 Å². The Kier molecular flexibility index (Phi) is 5.47. The maximum Gasteiger partial charge on any atom is 0.414 e. The summed E-state index contributed by atoms with van der Waals surface area (Å²) in [5, 5.41) is 17.9. The number of thioether (sulfide) groups is 1. The van der Waals surface area contributed by atoms with Gasteiger partial charge in [0, 0.05) is 11.7 Å². The van der Waals surface area contributed by atoms with Gasteiger partial charge in [-0.05, 0) is 22.3 Å². The van der Waals surface area contributed by atoms with Gasteiger partial charge in [0.25, 0.3) is 11.9 Å². The number of benzene rings is 2. The molecular weight excluding hydrogens is 446 g/mol. The Bertz CT molecular complexity index is 1200. The van der Waals surface area contributed by atoms with Gasteiger partial charge < -0.3 is 14.7 Å². The van der Waals surface area contributed by atoms with Gasteiger partial charge in [-0.2, -0.15) is 4.98 Å². The van der Waals surface area contributed by atoms with Crippen LogP contribution < -0.4 is 5.32 Å². The lowest BCUT2D eigenvalue weighted by Crippen LogP contribution is -2.42. The number of carbonyl (C=O) groups is 3. The number of carboxylic acids is 1. The van der Waals surface area contributed by atoms with Crippen molar-refractivity contribution in [1.29, 1.82) is 0 Å². The molecule has 5 rings (SSSR count). The quantitative estimate of drug-likeness (QED) is 0.523. The highest BCUT2D eigenvalue weighted by Crippen LogP contribution is 2.44. The molecule has 11 heteroatoms. The van der Waals surface area contributed by atoms with E-state index in [9.17, 15) is 19.5 Å². The van der Waals surface area contributed by atoms with E-state index in [-0.39, 0.29) is 30.2 Å². The minimum atomic E-state index is -1.08. The number of carbonyl (C=O) groups excluding carboxylic acids is 2. The van der Waals surface area contributed by atoms with Gasteiger partial charge in [0.1, 0.15) is 12.6 Å². The number of aromatic nitrogens is 3. The molecule has 2 aliphatic rings. The number of aromatic amines is 1. The molecule has 1 aliphatic heterocycles. The summed E-state index contributed by atoms with van der Waals surface area (Å²) in [7, 11) is 0. The van der Waals surface area contributed by atoms with E-state index in [1.54, 1.807) is 0 Å². The van der Waals surface area contributed by atoms with Gasteiger partial charge in [0.2, 0.25) is 5.82 Å². The van der Waals surface area contributed by atoms with Crippen LogP contribution in [0.4, 0.5) is 10.7 Å². The number of hydrogen-bond acceptors (Lipinski definition) is 7. The standard InChI is InChI=1S/C22H19N5O5S/c28-19(27-11-33-10-17(27)20(29)30)18-23-21(26-25-18)24-22(31)32-9-16-14-7-3-1-5-12(14)13-6-2-4-8-15(13)16/h1-8,16-17H,9-11H2,(H,29,30)(H2,23,24,25,26,31). The fourth-order valence-corrected chi connectivity index (χ4v) is 5.27. The molecule has 33 heavy (non-hydrogen) atoms. The lowest BCUT2D eigenvalue weighted by molar-refractivity contribution is -0.140. The molecule has 3 aromatic rings. The summed E-state index contributed by atoms with van der Waals surface area (Å²) in [4.78, 5) is 41.4. The Morgan fingerprint density at radius 1 is 1.12 bits per heavy atom. The number of rotatable bonds is 5. The molecule has 0 bridgehead atoms. The molecule has 10 nitrogen and oxygen atoms in total. The molecule has 168 valence electrons. The number of H-pyrrole nitrogens is 1. The summed E-state index contributed by atoms with van der Waals surface area (Å²) in [6.45, 7) is 0.126. The van der Waals surface area contributed by atoms with Crippen LogP contribution in [0.25, 0.3) is 11.1 Å². The second-order valence-electron chi connectivity index (χ2n) is 7.59. The van der Waals surface area contributed by atoms with Crippen molar-refractivity contribution in [3.05, 3.63) is 65.5 Å². The second-order valence-corrected chi connectivity index (χ2v) is 8.59. The van der Waals surface area contributed by atoms with Gasteiger partial charge in [0.15, 0.2) is 0 Å². The van der Waals surface area contributed by atoms with Gasteiger partial charge in [-0.3, -0.25) is 15.2 Å². The Balaban J connectivity index is 1.23. The molecule has 0 saturated carbocycles. The average molecular weight is 465 g/mol. The number of hydrogen-bond donors (Lipinski definition) is 3. The lowest BCUT2D eigenvalue weighted by Gasteiger charge is -2.18. The third kappa shape index (κ3) is 3.91. The molecule has 2 heterocycles. The van der Waals surface area contributed by atoms with Crippen molar-refractivity contribution in [1.82, 2.24) is 20.1 Å². The van der Waals surface area contributed by atoms with E-state index in [0.717, 1.165) is 22.3 Å². The van der Waals surface area contributed by atoms with Crippen LogP contribution in [0.2, 0.25) is 0 Å². The van der Waals surface area contributed by atoms with Crippen molar-refractivity contribution >= 4 is 35.7 Å². The van der Waals surface area contributed by atoms with E-state index in [4.69, 9.17) is 4.74 Å². The fraction of sp³-hybridized carbons (Fsp3) is 0.227. The normalized spacial score (nSPS) is 16.8. The van der Waals surface area contributed by atoms with E-state index in [2.05, 4.69) is 20.5 Å². The highest BCUT2D eigenvalue weighted by Gasteiger charge is 2.36. The minimum Gasteiger partial charge on any atom is -0.480 e. The SMILES string of the molecule is O=C(Nc1n[nH]c(C(=O)N2CSCC2C(=O)O)n1)OCC1c2ccccc2-c2ccccc21. The maximum absolute atomic E-state index is 12.6. The molecule has 3 N–H and O–H groups in total. The monoisotopic (exact) mass is 465 g/mol. The van der Waals surface area contributed by atoms with Crippen LogP contribution in [0.15, 0.2) is 48.5 Å². The molecule has 1 unspecified atom stereocenters. The Labute approximate surface area is 192 Å². The largest absolute Gasteiger partial charge is 0.480 e. The molecule has 0 radical (unpaired) electrons. The van der Waals surface area contributed by atoms with Crippen LogP contribution >= 0.6 is 11.8 Å². The first-order valence-corrected chi connectivity index (χ1v) is 11.3. The van der Waals surface area contributed by atoms with Crippen molar-refractivity contribution in [2.75, 3.05) is 23.6 Å². The highest BCUT2D eigenvalue weighted by atomic mass is 32.2. The van der Waals surface area contributed by atoms with Crippen LogP contribution in [0.3, 0.4) is 0 Å². The van der Waals surface area contributed by atoms with Crippen molar-refractivity contribution in [3.8, 4) is 11.1 Å². The van der Waals surface area contributed by atoms with Crippen LogP contribution in [-0.2, 0) is 9.53 Å². The lowest BCUT2D eigenvalue weighted by atomic mass is 9.98. The van der Waals surface area contributed by atoms with Crippen molar-refractivity contribution < 1.29 is 24.2 Å². The highest BCUT2D eigenvalue weighted by molar-refractivity contribution is 7.99. The van der Waals surface area contributed by atoms with Crippen LogP contribution in [0.5, 0.6) is 0 Å².